The van der Waals surface area contributed by atoms with Crippen LogP contribution in [-0.4, -0.2) is 12.6 Å². The van der Waals surface area contributed by atoms with Gasteiger partial charge in [0.2, 0.25) is 0 Å². The third-order valence-corrected chi connectivity index (χ3v) is 1.04. The number of nitrogens with two attached hydrogens (primary N) is 1. The molecule has 0 aromatic heterocycles. The van der Waals surface area contributed by atoms with Crippen molar-refractivity contribution >= 4 is 0 Å². The van der Waals surface area contributed by atoms with Gasteiger partial charge in [-0.15, -0.1) is 0 Å². The van der Waals surface area contributed by atoms with Crippen LogP contribution in [0, 0.1) is 0 Å². The smallest absolute Gasteiger partial charge is 0.0241 e. The molecule has 0 saturated carbocycles. The molecule has 2 nitrogen and oxygen atoms in total. The molecule has 0 fully saturated rings. The zero-order chi connectivity index (χ0) is 7.28. The highest BCUT2D eigenvalue weighted by Crippen LogP contribution is 1.86. The normalized spacial score (nSPS) is 15.7. The summed E-state index contributed by atoms with van der Waals surface area (Å²) in [5.41, 5.74) is 6.32. The van der Waals surface area contributed by atoms with Gasteiger partial charge >= 0.3 is 0 Å². The Morgan fingerprint density at radius 2 is 2.33 bits per heavy atom. The van der Waals surface area contributed by atoms with Crippen molar-refractivity contribution in [3.8, 4) is 0 Å². The lowest BCUT2D eigenvalue weighted by Crippen LogP contribution is -2.24. The van der Waals surface area contributed by atoms with E-state index in [2.05, 4.69) is 19.2 Å². The first-order valence-corrected chi connectivity index (χ1v) is 3.34. The van der Waals surface area contributed by atoms with Crippen LogP contribution in [-0.2, 0) is 0 Å². The molecule has 0 aliphatic carbocycles. The van der Waals surface area contributed by atoms with E-state index in [1.165, 1.54) is 0 Å². The first-order valence-electron chi connectivity index (χ1n) is 3.34. The fourth-order valence-electron chi connectivity index (χ4n) is 0.775. The minimum Gasteiger partial charge on any atom is -0.402 e. The van der Waals surface area contributed by atoms with Gasteiger partial charge in [0.25, 0.3) is 0 Å². The molecule has 9 heavy (non-hydrogen) atoms. The lowest BCUT2D eigenvalue weighted by molar-refractivity contribution is 0.657. The first kappa shape index (κ1) is 8.50. The topological polar surface area (TPSA) is 38.0 Å². The van der Waals surface area contributed by atoms with Crippen molar-refractivity contribution in [2.45, 2.75) is 26.8 Å². The van der Waals surface area contributed by atoms with E-state index in [0.29, 0.717) is 6.04 Å². The molecule has 0 radical (unpaired) electrons. The minimum atomic E-state index is 0.403. The minimum absolute atomic E-state index is 0.403. The summed E-state index contributed by atoms with van der Waals surface area (Å²) in [6, 6.07) is 0.403. The second-order valence-electron chi connectivity index (χ2n) is 2.26. The van der Waals surface area contributed by atoms with Gasteiger partial charge in [0, 0.05) is 11.7 Å². The summed E-state index contributed by atoms with van der Waals surface area (Å²) in [7, 11) is 0. The average Bonchev–Trinajstić information content (AvgIpc) is 1.63. The molecule has 3 N–H and O–H groups in total. The summed E-state index contributed by atoms with van der Waals surface area (Å²) < 4.78 is 0. The van der Waals surface area contributed by atoms with Crippen molar-refractivity contribution in [3.63, 3.8) is 0 Å². The van der Waals surface area contributed by atoms with Crippen LogP contribution in [0.4, 0.5) is 0 Å². The third-order valence-electron chi connectivity index (χ3n) is 1.04. The maximum absolute atomic E-state index is 5.44. The molecule has 1 atom stereocenters. The summed E-state index contributed by atoms with van der Waals surface area (Å²) >= 11 is 0. The van der Waals surface area contributed by atoms with Gasteiger partial charge in [-0.2, -0.15) is 0 Å². The van der Waals surface area contributed by atoms with E-state index in [-0.39, 0.29) is 0 Å². The predicted octanol–water partition coefficient (Wildman–Crippen LogP) is 0.847. The van der Waals surface area contributed by atoms with Gasteiger partial charge in [-0.3, -0.25) is 0 Å². The average molecular weight is 128 g/mol. The van der Waals surface area contributed by atoms with Crippen LogP contribution in [0.25, 0.3) is 0 Å². The molecule has 0 aromatic carbocycles. The second kappa shape index (κ2) is 4.39. The highest BCUT2D eigenvalue weighted by atomic mass is 14.9. The van der Waals surface area contributed by atoms with E-state index in [9.17, 15) is 0 Å². The molecule has 0 rings (SSSR count). The number of nitrogens with one attached hydrogen (secondary N) is 1. The van der Waals surface area contributed by atoms with E-state index < -0.39 is 0 Å². The first-order chi connectivity index (χ1) is 4.16. The van der Waals surface area contributed by atoms with Crippen molar-refractivity contribution in [1.29, 1.82) is 0 Å². The van der Waals surface area contributed by atoms with Gasteiger partial charge in [0.15, 0.2) is 0 Å². The molecule has 0 bridgehead atoms. The molecule has 0 spiro atoms. The number of hydrogen-bond donors (Lipinski definition) is 2. The van der Waals surface area contributed by atoms with Crippen LogP contribution in [0.5, 0.6) is 0 Å². The Kier molecular flexibility index (Phi) is 4.14. The van der Waals surface area contributed by atoms with Crippen molar-refractivity contribution in [2.75, 3.05) is 6.54 Å². The summed E-state index contributed by atoms with van der Waals surface area (Å²) in [6.45, 7) is 7.05. The Morgan fingerprint density at radius 3 is 2.67 bits per heavy atom. The Bertz CT molecular complexity index is 93.1. The zero-order valence-electron chi connectivity index (χ0n) is 6.44. The molecule has 2 heteroatoms. The quantitative estimate of drug-likeness (QED) is 0.591. The van der Waals surface area contributed by atoms with E-state index in [1.54, 1.807) is 0 Å². The lowest BCUT2D eigenvalue weighted by Gasteiger charge is -2.05. The Hall–Kier alpha value is -0.500. The molecule has 0 aliphatic rings. The van der Waals surface area contributed by atoms with Crippen LogP contribution in [0.2, 0.25) is 0 Å². The monoisotopic (exact) mass is 128 g/mol. The fourth-order valence-corrected chi connectivity index (χ4v) is 0.775. The highest BCUT2D eigenvalue weighted by molar-refractivity contribution is 4.97. The van der Waals surface area contributed by atoms with Gasteiger partial charge < -0.3 is 11.1 Å². The standard InChI is InChI=1S/C7H16N2/c1-4-9-7(3)5-6(2)8/h5,7,9H,4,8H2,1-3H3/b6-5-. The molecule has 0 heterocycles. The summed E-state index contributed by atoms with van der Waals surface area (Å²) in [5, 5.41) is 3.22. The maximum atomic E-state index is 5.44. The molecule has 0 aromatic rings. The summed E-state index contributed by atoms with van der Waals surface area (Å²) in [5.74, 6) is 0. The molecule has 0 saturated heterocycles. The van der Waals surface area contributed by atoms with Gasteiger partial charge in [-0.1, -0.05) is 6.92 Å². The van der Waals surface area contributed by atoms with E-state index in [4.69, 9.17) is 5.73 Å². The molecule has 0 aliphatic heterocycles. The van der Waals surface area contributed by atoms with Gasteiger partial charge in [0.05, 0.1) is 0 Å². The molecule has 1 unspecified atom stereocenters. The Balaban J connectivity index is 3.49. The number of hydrogen-bond acceptors (Lipinski definition) is 2. The molecular formula is C7H16N2. The molecular weight excluding hydrogens is 112 g/mol. The third kappa shape index (κ3) is 5.37. The Labute approximate surface area is 57.1 Å². The zero-order valence-corrected chi connectivity index (χ0v) is 6.44. The van der Waals surface area contributed by atoms with Crippen LogP contribution < -0.4 is 11.1 Å². The van der Waals surface area contributed by atoms with E-state index in [1.807, 2.05) is 13.0 Å². The van der Waals surface area contributed by atoms with Crippen LogP contribution >= 0.6 is 0 Å². The fraction of sp³-hybridized carbons (Fsp3) is 0.714. The van der Waals surface area contributed by atoms with Gasteiger partial charge in [0.1, 0.15) is 0 Å². The van der Waals surface area contributed by atoms with Crippen molar-refractivity contribution in [1.82, 2.24) is 5.32 Å². The highest BCUT2D eigenvalue weighted by Gasteiger charge is 1.91. The van der Waals surface area contributed by atoms with Gasteiger partial charge in [-0.25, -0.2) is 0 Å². The summed E-state index contributed by atoms with van der Waals surface area (Å²) in [4.78, 5) is 0. The Morgan fingerprint density at radius 1 is 1.78 bits per heavy atom. The number of likely N-dealkylation sites (N-methyl/N-ethyl adjacent to an activating group) is 1. The largest absolute Gasteiger partial charge is 0.402 e. The number of allylic oxidation sites excluding steroid dienone is 1. The van der Waals surface area contributed by atoms with Gasteiger partial charge in [-0.05, 0) is 26.5 Å². The van der Waals surface area contributed by atoms with Crippen molar-refractivity contribution < 1.29 is 0 Å². The summed E-state index contributed by atoms with van der Waals surface area (Å²) in [6.07, 6.45) is 2.00. The molecule has 54 valence electrons. The SMILES string of the molecule is CCNC(C)/C=C(/C)N. The number of rotatable bonds is 3. The van der Waals surface area contributed by atoms with Crippen molar-refractivity contribution in [3.05, 3.63) is 11.8 Å². The van der Waals surface area contributed by atoms with Crippen LogP contribution in [0.15, 0.2) is 11.8 Å². The van der Waals surface area contributed by atoms with Crippen molar-refractivity contribution in [2.24, 2.45) is 5.73 Å². The molecule has 0 amide bonds. The van der Waals surface area contributed by atoms with Crippen LogP contribution in [0.3, 0.4) is 0 Å². The maximum Gasteiger partial charge on any atom is 0.0241 e. The van der Waals surface area contributed by atoms with E-state index >= 15 is 0 Å². The predicted molar refractivity (Wildman–Crippen MR) is 41.1 cm³/mol. The van der Waals surface area contributed by atoms with Crippen LogP contribution in [0.1, 0.15) is 20.8 Å². The lowest BCUT2D eigenvalue weighted by atomic mass is 10.3. The second-order valence-corrected chi connectivity index (χ2v) is 2.26. The van der Waals surface area contributed by atoms with E-state index in [0.717, 1.165) is 12.2 Å².